The van der Waals surface area contributed by atoms with Gasteiger partial charge in [-0.05, 0) is 17.4 Å². The summed E-state index contributed by atoms with van der Waals surface area (Å²) in [5.74, 6) is 1.01. The maximum absolute atomic E-state index is 10.2. The second-order valence-corrected chi connectivity index (χ2v) is 4.92. The van der Waals surface area contributed by atoms with E-state index < -0.39 is 0 Å². The second kappa shape index (κ2) is 5.32. The minimum atomic E-state index is -0.257. The summed E-state index contributed by atoms with van der Waals surface area (Å²) in [4.78, 5) is 0. The Hall–Kier alpha value is -0.820. The Morgan fingerprint density at radius 2 is 1.40 bits per heavy atom. The Labute approximate surface area is 93.1 Å². The predicted octanol–water partition coefficient (Wildman–Crippen LogP) is 3.44. The normalized spacial score (nSPS) is 15.7. The highest BCUT2D eigenvalue weighted by Gasteiger charge is 2.26. The SMILES string of the molecule is CC(C)[C@H](O)[C@@H](c1ccccc1)C(C)C. The molecule has 0 aliphatic carbocycles. The van der Waals surface area contributed by atoms with Crippen LogP contribution in [0.15, 0.2) is 30.3 Å². The van der Waals surface area contributed by atoms with E-state index in [9.17, 15) is 5.11 Å². The second-order valence-electron chi connectivity index (χ2n) is 4.92. The Bertz CT molecular complexity index is 277. The Kier molecular flexibility index (Phi) is 4.34. The topological polar surface area (TPSA) is 20.2 Å². The molecule has 0 saturated heterocycles. The van der Waals surface area contributed by atoms with Crippen molar-refractivity contribution in [2.24, 2.45) is 11.8 Å². The van der Waals surface area contributed by atoms with Crippen molar-refractivity contribution < 1.29 is 5.11 Å². The van der Waals surface area contributed by atoms with Gasteiger partial charge in [0, 0.05) is 5.92 Å². The van der Waals surface area contributed by atoms with Crippen molar-refractivity contribution in [2.45, 2.75) is 39.7 Å². The van der Waals surface area contributed by atoms with E-state index in [0.29, 0.717) is 11.8 Å². The molecule has 1 rings (SSSR count). The minimum absolute atomic E-state index is 0.242. The van der Waals surface area contributed by atoms with Crippen molar-refractivity contribution in [1.29, 1.82) is 0 Å². The quantitative estimate of drug-likeness (QED) is 0.800. The molecule has 2 atom stereocenters. The van der Waals surface area contributed by atoms with Crippen LogP contribution < -0.4 is 0 Å². The van der Waals surface area contributed by atoms with Gasteiger partial charge in [0.15, 0.2) is 0 Å². The first-order valence-corrected chi connectivity index (χ1v) is 5.77. The lowest BCUT2D eigenvalue weighted by Gasteiger charge is -2.29. The highest BCUT2D eigenvalue weighted by molar-refractivity contribution is 5.21. The molecule has 0 aliphatic heterocycles. The molecule has 0 saturated carbocycles. The number of aliphatic hydroxyl groups is 1. The molecule has 0 aliphatic rings. The van der Waals surface area contributed by atoms with Crippen molar-refractivity contribution in [3.05, 3.63) is 35.9 Å². The molecule has 1 nitrogen and oxygen atoms in total. The van der Waals surface area contributed by atoms with E-state index in [1.54, 1.807) is 0 Å². The van der Waals surface area contributed by atoms with E-state index >= 15 is 0 Å². The van der Waals surface area contributed by atoms with Crippen molar-refractivity contribution >= 4 is 0 Å². The van der Waals surface area contributed by atoms with E-state index in [2.05, 4.69) is 39.8 Å². The van der Waals surface area contributed by atoms with Crippen molar-refractivity contribution in [3.8, 4) is 0 Å². The first-order chi connectivity index (χ1) is 7.04. The van der Waals surface area contributed by atoms with Crippen molar-refractivity contribution in [2.75, 3.05) is 0 Å². The average Bonchev–Trinajstić information content (AvgIpc) is 2.18. The Morgan fingerprint density at radius 3 is 1.80 bits per heavy atom. The number of hydrogen-bond acceptors (Lipinski definition) is 1. The third kappa shape index (κ3) is 3.07. The maximum Gasteiger partial charge on any atom is 0.0634 e. The van der Waals surface area contributed by atoms with E-state index in [1.807, 2.05) is 18.2 Å². The van der Waals surface area contributed by atoms with Gasteiger partial charge in [0.05, 0.1) is 6.10 Å². The van der Waals surface area contributed by atoms with Gasteiger partial charge in [0.2, 0.25) is 0 Å². The van der Waals surface area contributed by atoms with Crippen LogP contribution in [-0.4, -0.2) is 11.2 Å². The van der Waals surface area contributed by atoms with Crippen molar-refractivity contribution in [1.82, 2.24) is 0 Å². The molecular formula is C14H22O. The summed E-state index contributed by atoms with van der Waals surface area (Å²) in [7, 11) is 0. The summed E-state index contributed by atoms with van der Waals surface area (Å²) in [5, 5.41) is 10.2. The summed E-state index contributed by atoms with van der Waals surface area (Å²) in [6, 6.07) is 10.3. The third-order valence-corrected chi connectivity index (χ3v) is 2.95. The molecule has 0 bridgehead atoms. The molecule has 0 radical (unpaired) electrons. The molecular weight excluding hydrogens is 184 g/mol. The van der Waals surface area contributed by atoms with Crippen LogP contribution in [0.2, 0.25) is 0 Å². The standard InChI is InChI=1S/C14H22O/c1-10(2)13(14(15)11(3)4)12-8-6-5-7-9-12/h5-11,13-15H,1-4H3/t13-,14+/m1/s1. The van der Waals surface area contributed by atoms with E-state index in [-0.39, 0.29) is 12.0 Å². The van der Waals surface area contributed by atoms with Gasteiger partial charge >= 0.3 is 0 Å². The lowest BCUT2D eigenvalue weighted by molar-refractivity contribution is 0.0788. The first kappa shape index (κ1) is 12.3. The Balaban J connectivity index is 2.93. The molecule has 0 heterocycles. The highest BCUT2D eigenvalue weighted by atomic mass is 16.3. The fourth-order valence-electron chi connectivity index (χ4n) is 2.07. The molecule has 1 aromatic carbocycles. The zero-order valence-corrected chi connectivity index (χ0v) is 10.1. The molecule has 1 N–H and O–H groups in total. The molecule has 1 aromatic rings. The summed E-state index contributed by atoms with van der Waals surface area (Å²) in [6.07, 6.45) is -0.257. The molecule has 0 amide bonds. The predicted molar refractivity (Wildman–Crippen MR) is 64.9 cm³/mol. The summed E-state index contributed by atoms with van der Waals surface area (Å²) in [5.41, 5.74) is 1.24. The van der Waals surface area contributed by atoms with Crippen LogP contribution in [0, 0.1) is 11.8 Å². The fraction of sp³-hybridized carbons (Fsp3) is 0.571. The lowest BCUT2D eigenvalue weighted by Crippen LogP contribution is -2.27. The number of benzene rings is 1. The van der Waals surface area contributed by atoms with E-state index in [4.69, 9.17) is 0 Å². The van der Waals surface area contributed by atoms with Gasteiger partial charge < -0.3 is 5.11 Å². The molecule has 0 unspecified atom stereocenters. The molecule has 1 heteroatoms. The molecule has 0 fully saturated rings. The van der Waals surface area contributed by atoms with E-state index in [0.717, 1.165) is 0 Å². The molecule has 0 aromatic heterocycles. The summed E-state index contributed by atoms with van der Waals surface area (Å²) < 4.78 is 0. The number of aliphatic hydroxyl groups excluding tert-OH is 1. The van der Waals surface area contributed by atoms with Gasteiger partial charge in [-0.2, -0.15) is 0 Å². The van der Waals surface area contributed by atoms with Gasteiger partial charge in [-0.15, -0.1) is 0 Å². The molecule has 84 valence electrons. The number of rotatable bonds is 4. The first-order valence-electron chi connectivity index (χ1n) is 5.77. The van der Waals surface area contributed by atoms with Gasteiger partial charge in [-0.1, -0.05) is 58.0 Å². The zero-order chi connectivity index (χ0) is 11.4. The number of hydrogen-bond donors (Lipinski definition) is 1. The summed E-state index contributed by atoms with van der Waals surface area (Å²) >= 11 is 0. The van der Waals surface area contributed by atoms with Crippen LogP contribution in [0.3, 0.4) is 0 Å². The molecule has 0 spiro atoms. The third-order valence-electron chi connectivity index (χ3n) is 2.95. The average molecular weight is 206 g/mol. The van der Waals surface area contributed by atoms with Gasteiger partial charge in [0.1, 0.15) is 0 Å². The zero-order valence-electron chi connectivity index (χ0n) is 10.1. The lowest BCUT2D eigenvalue weighted by atomic mass is 9.80. The van der Waals surface area contributed by atoms with Crippen LogP contribution >= 0.6 is 0 Å². The molecule has 15 heavy (non-hydrogen) atoms. The van der Waals surface area contributed by atoms with Crippen LogP contribution in [0.25, 0.3) is 0 Å². The maximum atomic E-state index is 10.2. The summed E-state index contributed by atoms with van der Waals surface area (Å²) in [6.45, 7) is 8.48. The van der Waals surface area contributed by atoms with E-state index in [1.165, 1.54) is 5.56 Å². The fourth-order valence-corrected chi connectivity index (χ4v) is 2.07. The minimum Gasteiger partial charge on any atom is -0.392 e. The largest absolute Gasteiger partial charge is 0.392 e. The van der Waals surface area contributed by atoms with Crippen molar-refractivity contribution in [3.63, 3.8) is 0 Å². The van der Waals surface area contributed by atoms with Gasteiger partial charge in [-0.25, -0.2) is 0 Å². The Morgan fingerprint density at radius 1 is 0.867 bits per heavy atom. The van der Waals surface area contributed by atoms with Crippen LogP contribution in [0.5, 0.6) is 0 Å². The van der Waals surface area contributed by atoms with Gasteiger partial charge in [-0.3, -0.25) is 0 Å². The monoisotopic (exact) mass is 206 g/mol. The van der Waals surface area contributed by atoms with Gasteiger partial charge in [0.25, 0.3) is 0 Å². The van der Waals surface area contributed by atoms with Crippen LogP contribution in [0.4, 0.5) is 0 Å². The smallest absolute Gasteiger partial charge is 0.0634 e. The highest BCUT2D eigenvalue weighted by Crippen LogP contribution is 2.31. The van der Waals surface area contributed by atoms with Crippen LogP contribution in [0.1, 0.15) is 39.2 Å². The van der Waals surface area contributed by atoms with Crippen LogP contribution in [-0.2, 0) is 0 Å².